The number of nitrogens with zero attached hydrogens (tertiary/aromatic N) is 1. The third kappa shape index (κ3) is 3.76. The van der Waals surface area contributed by atoms with Gasteiger partial charge in [-0.05, 0) is 18.4 Å². The van der Waals surface area contributed by atoms with Crippen LogP contribution in [-0.2, 0) is 20.9 Å². The normalized spacial score (nSPS) is 21.0. The van der Waals surface area contributed by atoms with E-state index in [0.29, 0.717) is 18.4 Å². The summed E-state index contributed by atoms with van der Waals surface area (Å²) in [6, 6.07) is 5.81. The van der Waals surface area contributed by atoms with Crippen LogP contribution < -0.4 is 5.32 Å². The summed E-state index contributed by atoms with van der Waals surface area (Å²) < 4.78 is 5.12. The van der Waals surface area contributed by atoms with E-state index in [0.717, 1.165) is 0 Å². The summed E-state index contributed by atoms with van der Waals surface area (Å²) in [7, 11) is 0. The number of amides is 1. The minimum absolute atomic E-state index is 0.0199. The van der Waals surface area contributed by atoms with Crippen LogP contribution in [0.2, 0.25) is 0 Å². The van der Waals surface area contributed by atoms with Gasteiger partial charge in [0, 0.05) is 18.7 Å². The Hall–Kier alpha value is -2.48. The minimum atomic E-state index is -1.07. The van der Waals surface area contributed by atoms with Crippen LogP contribution in [0.1, 0.15) is 18.4 Å². The number of rotatable bonds is 5. The smallest absolute Gasteiger partial charge is 0.332 e. The maximum atomic E-state index is 11.8. The van der Waals surface area contributed by atoms with Gasteiger partial charge in [0.05, 0.1) is 4.92 Å². The molecule has 0 aliphatic carbocycles. The first-order valence-electron chi connectivity index (χ1n) is 6.36. The molecule has 1 aliphatic rings. The lowest BCUT2D eigenvalue weighted by atomic mass is 10.1. The minimum Gasteiger partial charge on any atom is -0.479 e. The summed E-state index contributed by atoms with van der Waals surface area (Å²) in [4.78, 5) is 32.6. The van der Waals surface area contributed by atoms with Crippen molar-refractivity contribution in [3.63, 3.8) is 0 Å². The van der Waals surface area contributed by atoms with E-state index >= 15 is 0 Å². The van der Waals surface area contributed by atoms with Gasteiger partial charge in [-0.2, -0.15) is 0 Å². The van der Waals surface area contributed by atoms with Gasteiger partial charge in [0.15, 0.2) is 6.10 Å². The highest BCUT2D eigenvalue weighted by Gasteiger charge is 2.34. The molecule has 2 rings (SSSR count). The van der Waals surface area contributed by atoms with Gasteiger partial charge in [0.25, 0.3) is 5.69 Å². The molecule has 21 heavy (non-hydrogen) atoms. The number of ether oxygens (including phenoxy) is 1. The van der Waals surface area contributed by atoms with Crippen LogP contribution in [0.5, 0.6) is 0 Å². The van der Waals surface area contributed by atoms with Crippen molar-refractivity contribution in [2.45, 2.75) is 31.6 Å². The zero-order valence-electron chi connectivity index (χ0n) is 11.0. The van der Waals surface area contributed by atoms with Crippen LogP contribution in [0.4, 0.5) is 5.69 Å². The SMILES string of the molecule is O=C(NCc1ccc([N+](=O)[O-])cc1)[C@@H]1CC[C@H](C(=O)O)O1. The molecule has 0 unspecified atom stereocenters. The first kappa shape index (κ1) is 14.9. The Morgan fingerprint density at radius 1 is 1.29 bits per heavy atom. The average Bonchev–Trinajstić information content (AvgIpc) is 2.95. The summed E-state index contributed by atoms with van der Waals surface area (Å²) in [6.45, 7) is 0.203. The fraction of sp³-hybridized carbons (Fsp3) is 0.385. The molecule has 1 fully saturated rings. The number of benzene rings is 1. The number of hydrogen-bond acceptors (Lipinski definition) is 5. The first-order chi connectivity index (χ1) is 9.97. The molecule has 1 aliphatic heterocycles. The van der Waals surface area contributed by atoms with Crippen LogP contribution in [-0.4, -0.2) is 34.1 Å². The molecule has 1 aromatic rings. The molecule has 2 atom stereocenters. The Kier molecular flexibility index (Phi) is 4.49. The van der Waals surface area contributed by atoms with Crippen molar-refractivity contribution in [3.8, 4) is 0 Å². The number of nitro groups is 1. The number of aliphatic carboxylic acids is 1. The highest BCUT2D eigenvalue weighted by Crippen LogP contribution is 2.20. The quantitative estimate of drug-likeness (QED) is 0.613. The third-order valence-corrected chi connectivity index (χ3v) is 3.20. The summed E-state index contributed by atoms with van der Waals surface area (Å²) in [5, 5.41) is 21.9. The Morgan fingerprint density at radius 2 is 1.90 bits per heavy atom. The lowest BCUT2D eigenvalue weighted by Crippen LogP contribution is -2.35. The summed E-state index contributed by atoms with van der Waals surface area (Å²) in [6.07, 6.45) is -1.02. The second-order valence-corrected chi connectivity index (χ2v) is 4.67. The van der Waals surface area contributed by atoms with E-state index in [1.165, 1.54) is 12.1 Å². The van der Waals surface area contributed by atoms with E-state index in [2.05, 4.69) is 5.32 Å². The van der Waals surface area contributed by atoms with Crippen LogP contribution in [0.15, 0.2) is 24.3 Å². The van der Waals surface area contributed by atoms with Crippen molar-refractivity contribution in [3.05, 3.63) is 39.9 Å². The van der Waals surface area contributed by atoms with Gasteiger partial charge >= 0.3 is 5.97 Å². The standard InChI is InChI=1S/C13H14N2O6/c16-12(10-5-6-11(21-10)13(17)18)14-7-8-1-3-9(4-2-8)15(19)20/h1-4,10-11H,5-7H2,(H,14,16)(H,17,18)/t10-,11+/m0/s1. The number of nitrogens with one attached hydrogen (secondary N) is 1. The highest BCUT2D eigenvalue weighted by molar-refractivity contribution is 5.82. The van der Waals surface area contributed by atoms with Gasteiger partial charge in [-0.25, -0.2) is 4.79 Å². The average molecular weight is 294 g/mol. The molecule has 2 N–H and O–H groups in total. The molecule has 1 aromatic carbocycles. The Bertz CT molecular complexity index is 556. The molecule has 1 heterocycles. The van der Waals surface area contributed by atoms with Crippen LogP contribution in [0.25, 0.3) is 0 Å². The van der Waals surface area contributed by atoms with Crippen molar-refractivity contribution in [2.75, 3.05) is 0 Å². The Morgan fingerprint density at radius 3 is 2.43 bits per heavy atom. The maximum absolute atomic E-state index is 11.8. The van der Waals surface area contributed by atoms with Gasteiger partial charge in [-0.3, -0.25) is 14.9 Å². The molecular formula is C13H14N2O6. The number of hydrogen-bond donors (Lipinski definition) is 2. The van der Waals surface area contributed by atoms with Gasteiger partial charge in [-0.15, -0.1) is 0 Å². The molecule has 0 radical (unpaired) electrons. The Balaban J connectivity index is 1.84. The van der Waals surface area contributed by atoms with E-state index in [1.54, 1.807) is 12.1 Å². The van der Waals surface area contributed by atoms with E-state index < -0.39 is 23.1 Å². The van der Waals surface area contributed by atoms with Gasteiger partial charge in [0.2, 0.25) is 5.91 Å². The van der Waals surface area contributed by atoms with E-state index in [4.69, 9.17) is 9.84 Å². The molecular weight excluding hydrogens is 280 g/mol. The highest BCUT2D eigenvalue weighted by atomic mass is 16.6. The maximum Gasteiger partial charge on any atom is 0.332 e. The number of carbonyl (C=O) groups is 2. The number of carboxylic acid groups (broad SMARTS) is 1. The fourth-order valence-corrected chi connectivity index (χ4v) is 2.05. The van der Waals surface area contributed by atoms with Crippen LogP contribution in [0.3, 0.4) is 0 Å². The Labute approximate surface area is 119 Å². The molecule has 0 saturated carbocycles. The number of carboxylic acids is 1. The zero-order valence-corrected chi connectivity index (χ0v) is 11.0. The number of nitro benzene ring substituents is 1. The molecule has 1 amide bonds. The predicted octanol–water partition coefficient (Wildman–Crippen LogP) is 0.843. The second kappa shape index (κ2) is 6.31. The number of carbonyl (C=O) groups excluding carboxylic acids is 1. The molecule has 8 nitrogen and oxygen atoms in total. The summed E-state index contributed by atoms with van der Waals surface area (Å²) in [5.41, 5.74) is 0.690. The largest absolute Gasteiger partial charge is 0.479 e. The monoisotopic (exact) mass is 294 g/mol. The number of non-ortho nitro benzene ring substituents is 1. The van der Waals surface area contributed by atoms with Gasteiger partial charge < -0.3 is 15.2 Å². The lowest BCUT2D eigenvalue weighted by molar-refractivity contribution is -0.384. The van der Waals surface area contributed by atoms with Crippen molar-refractivity contribution in [2.24, 2.45) is 0 Å². The molecule has 1 saturated heterocycles. The summed E-state index contributed by atoms with van der Waals surface area (Å²) >= 11 is 0. The van der Waals surface area contributed by atoms with Crippen molar-refractivity contribution < 1.29 is 24.4 Å². The molecule has 0 spiro atoms. The molecule has 112 valence electrons. The van der Waals surface area contributed by atoms with E-state index in [1.807, 2.05) is 0 Å². The first-order valence-corrected chi connectivity index (χ1v) is 6.36. The van der Waals surface area contributed by atoms with Crippen molar-refractivity contribution in [1.29, 1.82) is 0 Å². The second-order valence-electron chi connectivity index (χ2n) is 4.67. The zero-order chi connectivity index (χ0) is 15.4. The van der Waals surface area contributed by atoms with E-state index in [-0.39, 0.29) is 18.1 Å². The fourth-order valence-electron chi connectivity index (χ4n) is 2.05. The van der Waals surface area contributed by atoms with Gasteiger partial charge in [-0.1, -0.05) is 12.1 Å². The van der Waals surface area contributed by atoms with Crippen molar-refractivity contribution in [1.82, 2.24) is 5.32 Å². The molecule has 0 aromatic heterocycles. The van der Waals surface area contributed by atoms with Crippen LogP contribution >= 0.6 is 0 Å². The summed E-state index contributed by atoms with van der Waals surface area (Å²) in [5.74, 6) is -1.45. The topological polar surface area (TPSA) is 119 Å². The predicted molar refractivity (Wildman–Crippen MR) is 70.5 cm³/mol. The lowest BCUT2D eigenvalue weighted by Gasteiger charge is -2.11. The van der Waals surface area contributed by atoms with Crippen molar-refractivity contribution >= 4 is 17.6 Å². The van der Waals surface area contributed by atoms with E-state index in [9.17, 15) is 19.7 Å². The third-order valence-electron chi connectivity index (χ3n) is 3.20. The molecule has 0 bridgehead atoms. The molecule has 8 heteroatoms. The van der Waals surface area contributed by atoms with Crippen LogP contribution in [0, 0.1) is 10.1 Å². The van der Waals surface area contributed by atoms with Gasteiger partial charge in [0.1, 0.15) is 6.10 Å².